The summed E-state index contributed by atoms with van der Waals surface area (Å²) in [5, 5.41) is 11.7. The van der Waals surface area contributed by atoms with Gasteiger partial charge in [-0.25, -0.2) is 4.79 Å². The molecule has 0 heterocycles. The van der Waals surface area contributed by atoms with E-state index in [-0.39, 0.29) is 6.61 Å². The van der Waals surface area contributed by atoms with Gasteiger partial charge in [0.05, 0.1) is 0 Å². The van der Waals surface area contributed by atoms with Crippen LogP contribution in [0, 0.1) is 0 Å². The van der Waals surface area contributed by atoms with Crippen molar-refractivity contribution in [2.75, 3.05) is 6.61 Å². The molecule has 1 aromatic rings. The number of ether oxygens (including phenoxy) is 1. The second kappa shape index (κ2) is 5.94. The molecule has 1 aliphatic rings. The van der Waals surface area contributed by atoms with Crippen molar-refractivity contribution in [1.29, 1.82) is 0 Å². The Hall–Kier alpha value is -2.04. The van der Waals surface area contributed by atoms with Gasteiger partial charge in [-0.3, -0.25) is 4.79 Å². The average Bonchev–Trinajstić information content (AvgIpc) is 2.40. The Morgan fingerprint density at radius 2 is 1.95 bits per heavy atom. The predicted octanol–water partition coefficient (Wildman–Crippen LogP) is 1.75. The summed E-state index contributed by atoms with van der Waals surface area (Å²) >= 11 is 0. The van der Waals surface area contributed by atoms with Crippen LogP contribution in [0.3, 0.4) is 0 Å². The summed E-state index contributed by atoms with van der Waals surface area (Å²) in [5.74, 6) is -0.758. The van der Waals surface area contributed by atoms with Crippen LogP contribution in [0.1, 0.15) is 31.7 Å². The molecule has 0 bridgehead atoms. The van der Waals surface area contributed by atoms with Gasteiger partial charge in [-0.1, -0.05) is 19.1 Å². The number of carboxylic acid groups (broad SMARTS) is 1. The van der Waals surface area contributed by atoms with Gasteiger partial charge in [-0.05, 0) is 43.4 Å². The minimum absolute atomic E-state index is 0.166. The zero-order chi connectivity index (χ0) is 14.6. The van der Waals surface area contributed by atoms with E-state index < -0.39 is 17.4 Å². The van der Waals surface area contributed by atoms with Gasteiger partial charge in [0.25, 0.3) is 5.91 Å². The summed E-state index contributed by atoms with van der Waals surface area (Å²) in [6, 6.07) is 7.50. The minimum Gasteiger partial charge on any atom is -0.484 e. The number of hydrogen-bond acceptors (Lipinski definition) is 3. The molecule has 2 rings (SSSR count). The molecular weight excluding hydrogens is 258 g/mol. The molecule has 0 aliphatic heterocycles. The largest absolute Gasteiger partial charge is 0.484 e. The van der Waals surface area contributed by atoms with E-state index in [2.05, 4.69) is 12.2 Å². The van der Waals surface area contributed by atoms with E-state index in [4.69, 9.17) is 9.84 Å². The van der Waals surface area contributed by atoms with Crippen molar-refractivity contribution < 1.29 is 19.4 Å². The summed E-state index contributed by atoms with van der Waals surface area (Å²) < 4.78 is 5.36. The predicted molar refractivity (Wildman–Crippen MR) is 73.7 cm³/mol. The summed E-state index contributed by atoms with van der Waals surface area (Å²) in [5.41, 5.74) is 0.119. The van der Waals surface area contributed by atoms with Gasteiger partial charge < -0.3 is 15.2 Å². The lowest BCUT2D eigenvalue weighted by molar-refractivity contribution is -0.152. The molecule has 108 valence electrons. The van der Waals surface area contributed by atoms with Crippen molar-refractivity contribution in [3.63, 3.8) is 0 Å². The van der Waals surface area contributed by atoms with E-state index in [1.54, 1.807) is 0 Å². The Bertz CT molecular complexity index is 491. The third-order valence-corrected chi connectivity index (χ3v) is 3.70. The highest BCUT2D eigenvalue weighted by Gasteiger charge is 2.45. The number of carbonyl (C=O) groups is 2. The first-order chi connectivity index (χ1) is 9.55. The molecule has 0 saturated heterocycles. The fourth-order valence-electron chi connectivity index (χ4n) is 2.20. The first kappa shape index (κ1) is 14.4. The van der Waals surface area contributed by atoms with Gasteiger partial charge in [0.15, 0.2) is 6.61 Å². The molecule has 0 spiro atoms. The lowest BCUT2D eigenvalue weighted by atomic mass is 9.77. The first-order valence-corrected chi connectivity index (χ1v) is 6.82. The quantitative estimate of drug-likeness (QED) is 0.830. The van der Waals surface area contributed by atoms with E-state index in [1.165, 1.54) is 5.56 Å². The van der Waals surface area contributed by atoms with Gasteiger partial charge in [0.1, 0.15) is 11.3 Å². The van der Waals surface area contributed by atoms with E-state index in [1.807, 2.05) is 24.3 Å². The topological polar surface area (TPSA) is 75.6 Å². The van der Waals surface area contributed by atoms with E-state index in [0.29, 0.717) is 18.6 Å². The molecule has 1 fully saturated rings. The maximum absolute atomic E-state index is 11.8. The average molecular weight is 277 g/mol. The van der Waals surface area contributed by atoms with Crippen LogP contribution in [0.25, 0.3) is 0 Å². The summed E-state index contributed by atoms with van der Waals surface area (Å²) in [6.07, 6.45) is 2.74. The van der Waals surface area contributed by atoms with Crippen molar-refractivity contribution in [3.05, 3.63) is 29.8 Å². The van der Waals surface area contributed by atoms with Gasteiger partial charge in [0, 0.05) is 0 Å². The second-order valence-corrected chi connectivity index (χ2v) is 5.08. The van der Waals surface area contributed by atoms with Crippen molar-refractivity contribution in [2.24, 2.45) is 0 Å². The maximum atomic E-state index is 11.8. The number of aryl methyl sites for hydroxylation is 1. The smallest absolute Gasteiger partial charge is 0.329 e. The number of rotatable bonds is 6. The van der Waals surface area contributed by atoms with E-state index in [9.17, 15) is 9.59 Å². The molecule has 0 unspecified atom stereocenters. The van der Waals surface area contributed by atoms with Crippen LogP contribution in [0.15, 0.2) is 24.3 Å². The third-order valence-electron chi connectivity index (χ3n) is 3.70. The first-order valence-electron chi connectivity index (χ1n) is 6.82. The Morgan fingerprint density at radius 1 is 1.30 bits per heavy atom. The highest BCUT2D eigenvalue weighted by molar-refractivity contribution is 5.88. The molecule has 1 saturated carbocycles. The van der Waals surface area contributed by atoms with Crippen LogP contribution >= 0.6 is 0 Å². The van der Waals surface area contributed by atoms with Crippen LogP contribution in [0.5, 0.6) is 5.75 Å². The lowest BCUT2D eigenvalue weighted by Crippen LogP contribution is -2.59. The van der Waals surface area contributed by atoms with Crippen molar-refractivity contribution in [1.82, 2.24) is 5.32 Å². The van der Waals surface area contributed by atoms with Crippen molar-refractivity contribution in [3.8, 4) is 5.75 Å². The number of benzene rings is 1. The number of aliphatic carboxylic acids is 1. The molecule has 0 aromatic heterocycles. The van der Waals surface area contributed by atoms with Crippen LogP contribution in [-0.2, 0) is 16.0 Å². The molecule has 1 amide bonds. The molecule has 0 atom stereocenters. The fourth-order valence-corrected chi connectivity index (χ4v) is 2.20. The van der Waals surface area contributed by atoms with Crippen LogP contribution in [0.2, 0.25) is 0 Å². The van der Waals surface area contributed by atoms with E-state index >= 15 is 0 Å². The molecule has 0 radical (unpaired) electrons. The number of carboxylic acids is 1. The molecule has 2 N–H and O–H groups in total. The monoisotopic (exact) mass is 277 g/mol. The number of nitrogens with one attached hydrogen (secondary N) is 1. The van der Waals surface area contributed by atoms with Gasteiger partial charge in [0.2, 0.25) is 0 Å². The van der Waals surface area contributed by atoms with Gasteiger partial charge in [-0.2, -0.15) is 0 Å². The third kappa shape index (κ3) is 3.10. The van der Waals surface area contributed by atoms with Crippen LogP contribution < -0.4 is 10.1 Å². The molecule has 5 heteroatoms. The SMILES string of the molecule is CCc1ccc(OCC(=O)NC2(C(=O)O)CCC2)cc1. The summed E-state index contributed by atoms with van der Waals surface area (Å²) in [6.45, 7) is 1.90. The highest BCUT2D eigenvalue weighted by Crippen LogP contribution is 2.31. The number of amides is 1. The number of carbonyl (C=O) groups excluding carboxylic acids is 1. The molecule has 1 aliphatic carbocycles. The number of hydrogen-bond donors (Lipinski definition) is 2. The molecular formula is C15H19NO4. The van der Waals surface area contributed by atoms with E-state index in [0.717, 1.165) is 12.8 Å². The highest BCUT2D eigenvalue weighted by atomic mass is 16.5. The van der Waals surface area contributed by atoms with Crippen LogP contribution in [0.4, 0.5) is 0 Å². The summed E-state index contributed by atoms with van der Waals surface area (Å²) in [7, 11) is 0. The second-order valence-electron chi connectivity index (χ2n) is 5.08. The van der Waals surface area contributed by atoms with Gasteiger partial charge >= 0.3 is 5.97 Å². The normalized spacial score (nSPS) is 16.1. The van der Waals surface area contributed by atoms with Crippen LogP contribution in [-0.4, -0.2) is 29.1 Å². The zero-order valence-corrected chi connectivity index (χ0v) is 11.5. The Balaban J connectivity index is 1.84. The zero-order valence-electron chi connectivity index (χ0n) is 11.5. The van der Waals surface area contributed by atoms with Gasteiger partial charge in [-0.15, -0.1) is 0 Å². The van der Waals surface area contributed by atoms with Crippen molar-refractivity contribution in [2.45, 2.75) is 38.1 Å². The summed E-state index contributed by atoms with van der Waals surface area (Å²) in [4.78, 5) is 22.9. The lowest BCUT2D eigenvalue weighted by Gasteiger charge is -2.38. The fraction of sp³-hybridized carbons (Fsp3) is 0.467. The molecule has 5 nitrogen and oxygen atoms in total. The minimum atomic E-state index is -1.08. The Kier molecular flexibility index (Phi) is 4.27. The van der Waals surface area contributed by atoms with Crippen molar-refractivity contribution >= 4 is 11.9 Å². The molecule has 20 heavy (non-hydrogen) atoms. The Morgan fingerprint density at radius 3 is 2.40 bits per heavy atom. The Labute approximate surface area is 117 Å². The maximum Gasteiger partial charge on any atom is 0.329 e. The molecule has 1 aromatic carbocycles. The standard InChI is InChI=1S/C15H19NO4/c1-2-11-4-6-12(7-5-11)20-10-13(17)16-15(14(18)19)8-3-9-15/h4-7H,2-3,8-10H2,1H3,(H,16,17)(H,18,19).